The highest BCUT2D eigenvalue weighted by Gasteiger charge is 2.20. The Kier molecular flexibility index (Phi) is 8.23. The Labute approximate surface area is 118 Å². The number of hydrogen-bond acceptors (Lipinski definition) is 3. The van der Waals surface area contributed by atoms with Crippen LogP contribution in [0.3, 0.4) is 0 Å². The smallest absolute Gasteiger partial charge is 0.0491 e. The van der Waals surface area contributed by atoms with Crippen LogP contribution in [-0.2, 0) is 4.74 Å². The minimum atomic E-state index is 0. The molecular weight excluding hydrogens is 248 g/mol. The molecule has 0 aliphatic carbocycles. The van der Waals surface area contributed by atoms with Gasteiger partial charge in [0, 0.05) is 13.7 Å². The molecule has 0 aromatic rings. The third kappa shape index (κ3) is 5.43. The van der Waals surface area contributed by atoms with Crippen LogP contribution in [0.15, 0.2) is 0 Å². The first-order valence-electron chi connectivity index (χ1n) is 7.30. The number of rotatable bonds is 5. The zero-order chi connectivity index (χ0) is 11.9. The van der Waals surface area contributed by atoms with Gasteiger partial charge >= 0.3 is 0 Å². The molecule has 2 aliphatic rings. The first-order valence-corrected chi connectivity index (χ1v) is 7.30. The monoisotopic (exact) mass is 276 g/mol. The number of likely N-dealkylation sites (tertiary alicyclic amines) is 1. The van der Waals surface area contributed by atoms with E-state index in [1.54, 1.807) is 0 Å². The molecule has 2 heterocycles. The summed E-state index contributed by atoms with van der Waals surface area (Å²) in [4.78, 5) is 2.66. The molecule has 2 aliphatic heterocycles. The molecule has 0 spiro atoms. The first-order chi connectivity index (χ1) is 8.38. The fourth-order valence-corrected chi connectivity index (χ4v) is 3.15. The lowest BCUT2D eigenvalue weighted by atomic mass is 9.93. The topological polar surface area (TPSA) is 24.5 Å². The minimum absolute atomic E-state index is 0. The van der Waals surface area contributed by atoms with Gasteiger partial charge in [-0.15, -0.1) is 12.4 Å². The van der Waals surface area contributed by atoms with Gasteiger partial charge in [-0.3, -0.25) is 0 Å². The standard InChI is InChI=1S/C14H28N2O.ClH/c1-17-12-14-5-10-16(11-6-14)9-4-13-2-7-15-8-3-13;/h13-15H,2-12H2,1H3;1H. The van der Waals surface area contributed by atoms with Gasteiger partial charge in [0.05, 0.1) is 0 Å². The van der Waals surface area contributed by atoms with Crippen molar-refractivity contribution in [1.82, 2.24) is 10.2 Å². The van der Waals surface area contributed by atoms with Crippen molar-refractivity contribution in [1.29, 1.82) is 0 Å². The highest BCUT2D eigenvalue weighted by Crippen LogP contribution is 2.20. The maximum absolute atomic E-state index is 5.25. The van der Waals surface area contributed by atoms with Gasteiger partial charge in [0.25, 0.3) is 0 Å². The Morgan fingerprint density at radius 3 is 2.33 bits per heavy atom. The molecule has 3 nitrogen and oxygen atoms in total. The van der Waals surface area contributed by atoms with Crippen molar-refractivity contribution in [2.75, 3.05) is 46.4 Å². The summed E-state index contributed by atoms with van der Waals surface area (Å²) in [5.41, 5.74) is 0. The van der Waals surface area contributed by atoms with Gasteiger partial charge in [0.2, 0.25) is 0 Å². The fraction of sp³-hybridized carbons (Fsp3) is 1.00. The van der Waals surface area contributed by atoms with Crippen molar-refractivity contribution in [2.45, 2.75) is 32.1 Å². The lowest BCUT2D eigenvalue weighted by Crippen LogP contribution is -2.37. The highest BCUT2D eigenvalue weighted by molar-refractivity contribution is 5.85. The van der Waals surface area contributed by atoms with E-state index < -0.39 is 0 Å². The summed E-state index contributed by atoms with van der Waals surface area (Å²) in [6, 6.07) is 0. The lowest BCUT2D eigenvalue weighted by Gasteiger charge is -2.33. The molecule has 0 amide bonds. The highest BCUT2D eigenvalue weighted by atomic mass is 35.5. The SMILES string of the molecule is COCC1CCN(CCC2CCNCC2)CC1.Cl. The van der Waals surface area contributed by atoms with Gasteiger partial charge < -0.3 is 15.0 Å². The maximum Gasteiger partial charge on any atom is 0.0491 e. The van der Waals surface area contributed by atoms with Crippen LogP contribution in [0.2, 0.25) is 0 Å². The summed E-state index contributed by atoms with van der Waals surface area (Å²) in [6.45, 7) is 7.34. The maximum atomic E-state index is 5.25. The summed E-state index contributed by atoms with van der Waals surface area (Å²) >= 11 is 0. The number of ether oxygens (including phenoxy) is 1. The molecule has 2 rings (SSSR count). The third-order valence-corrected chi connectivity index (χ3v) is 4.42. The van der Waals surface area contributed by atoms with Crippen LogP contribution < -0.4 is 5.32 Å². The van der Waals surface area contributed by atoms with E-state index in [4.69, 9.17) is 4.74 Å². The van der Waals surface area contributed by atoms with E-state index in [2.05, 4.69) is 10.2 Å². The van der Waals surface area contributed by atoms with E-state index in [1.807, 2.05) is 7.11 Å². The Bertz CT molecular complexity index is 202. The molecule has 0 radical (unpaired) electrons. The van der Waals surface area contributed by atoms with E-state index in [9.17, 15) is 0 Å². The van der Waals surface area contributed by atoms with Gasteiger partial charge in [-0.1, -0.05) is 0 Å². The molecular formula is C14H29ClN2O. The van der Waals surface area contributed by atoms with Crippen molar-refractivity contribution in [3.05, 3.63) is 0 Å². The summed E-state index contributed by atoms with van der Waals surface area (Å²) in [5, 5.41) is 3.45. The number of halogens is 1. The minimum Gasteiger partial charge on any atom is -0.384 e. The van der Waals surface area contributed by atoms with E-state index in [0.29, 0.717) is 0 Å². The molecule has 1 N–H and O–H groups in total. The fourth-order valence-electron chi connectivity index (χ4n) is 3.15. The number of piperidine rings is 2. The lowest BCUT2D eigenvalue weighted by molar-refractivity contribution is 0.0961. The Hall–Kier alpha value is 0.170. The van der Waals surface area contributed by atoms with Crippen molar-refractivity contribution in [2.24, 2.45) is 11.8 Å². The van der Waals surface area contributed by atoms with E-state index >= 15 is 0 Å². The van der Waals surface area contributed by atoms with Crippen LogP contribution in [0, 0.1) is 11.8 Å². The van der Waals surface area contributed by atoms with Gasteiger partial charge in [-0.25, -0.2) is 0 Å². The van der Waals surface area contributed by atoms with Crippen LogP contribution in [-0.4, -0.2) is 51.3 Å². The van der Waals surface area contributed by atoms with Crippen LogP contribution in [0.25, 0.3) is 0 Å². The average Bonchev–Trinajstić information content (AvgIpc) is 2.40. The molecule has 18 heavy (non-hydrogen) atoms. The van der Waals surface area contributed by atoms with Crippen LogP contribution >= 0.6 is 12.4 Å². The van der Waals surface area contributed by atoms with Gasteiger partial charge in [-0.05, 0) is 76.7 Å². The van der Waals surface area contributed by atoms with Crippen molar-refractivity contribution >= 4 is 12.4 Å². The van der Waals surface area contributed by atoms with Crippen molar-refractivity contribution < 1.29 is 4.74 Å². The second-order valence-corrected chi connectivity index (χ2v) is 5.72. The van der Waals surface area contributed by atoms with Gasteiger partial charge in [0.15, 0.2) is 0 Å². The number of nitrogens with zero attached hydrogens (tertiary/aromatic N) is 1. The van der Waals surface area contributed by atoms with Crippen molar-refractivity contribution in [3.8, 4) is 0 Å². The van der Waals surface area contributed by atoms with Crippen LogP contribution in [0.5, 0.6) is 0 Å². The molecule has 0 aromatic heterocycles. The molecule has 0 bridgehead atoms. The second-order valence-electron chi connectivity index (χ2n) is 5.72. The van der Waals surface area contributed by atoms with Crippen LogP contribution in [0.1, 0.15) is 32.1 Å². The predicted octanol–water partition coefficient (Wildman–Crippen LogP) is 2.16. The van der Waals surface area contributed by atoms with Gasteiger partial charge in [-0.2, -0.15) is 0 Å². The number of hydrogen-bond donors (Lipinski definition) is 1. The predicted molar refractivity (Wildman–Crippen MR) is 78.5 cm³/mol. The van der Waals surface area contributed by atoms with Crippen LogP contribution in [0.4, 0.5) is 0 Å². The second kappa shape index (κ2) is 9.13. The Morgan fingerprint density at radius 1 is 1.06 bits per heavy atom. The summed E-state index contributed by atoms with van der Waals surface area (Å²) in [6.07, 6.45) is 6.86. The third-order valence-electron chi connectivity index (χ3n) is 4.42. The molecule has 0 aromatic carbocycles. The zero-order valence-corrected chi connectivity index (χ0v) is 12.5. The molecule has 108 valence electrons. The van der Waals surface area contributed by atoms with E-state index in [0.717, 1.165) is 18.4 Å². The average molecular weight is 277 g/mol. The van der Waals surface area contributed by atoms with Crippen molar-refractivity contribution in [3.63, 3.8) is 0 Å². The molecule has 0 atom stereocenters. The first kappa shape index (κ1) is 16.2. The Morgan fingerprint density at radius 2 is 1.72 bits per heavy atom. The molecule has 0 unspecified atom stereocenters. The molecule has 2 fully saturated rings. The Balaban J connectivity index is 0.00000162. The van der Waals surface area contributed by atoms with E-state index in [-0.39, 0.29) is 12.4 Å². The van der Waals surface area contributed by atoms with Gasteiger partial charge in [0.1, 0.15) is 0 Å². The molecule has 4 heteroatoms. The largest absolute Gasteiger partial charge is 0.384 e. The molecule has 0 saturated carbocycles. The summed E-state index contributed by atoms with van der Waals surface area (Å²) in [7, 11) is 1.82. The zero-order valence-electron chi connectivity index (χ0n) is 11.7. The number of methoxy groups -OCH3 is 1. The number of nitrogens with one attached hydrogen (secondary N) is 1. The normalized spacial score (nSPS) is 23.8. The van der Waals surface area contributed by atoms with E-state index in [1.165, 1.54) is 64.8 Å². The summed E-state index contributed by atoms with van der Waals surface area (Å²) in [5.74, 6) is 1.79. The quantitative estimate of drug-likeness (QED) is 0.833. The molecule has 2 saturated heterocycles. The summed E-state index contributed by atoms with van der Waals surface area (Å²) < 4.78 is 5.25.